The number of nitrogens with zero attached hydrogens (tertiary/aromatic N) is 1. The predicted octanol–water partition coefficient (Wildman–Crippen LogP) is 2.04. The van der Waals surface area contributed by atoms with Gasteiger partial charge in [-0.05, 0) is 33.8 Å². The van der Waals surface area contributed by atoms with Crippen molar-refractivity contribution in [2.75, 3.05) is 6.61 Å². The summed E-state index contributed by atoms with van der Waals surface area (Å²) in [5.74, 6) is -1.19. The largest absolute Gasteiger partial charge is 0.494 e. The molecule has 1 aromatic carbocycles. The number of hydrogen-bond acceptors (Lipinski definition) is 5. The number of carboxylic acid groups (broad SMARTS) is 1. The number of amides is 1. The highest BCUT2D eigenvalue weighted by Crippen LogP contribution is 2.26. The molecule has 2 atom stereocenters. The zero-order chi connectivity index (χ0) is 19.0. The van der Waals surface area contributed by atoms with Crippen molar-refractivity contribution < 1.29 is 19.4 Å². The SMILES string of the molecule is CCOc1ccc(C)cc1C(C)N/C=C(/C#N)C(=O)NC(C)C(=O)O. The quantitative estimate of drug-likeness (QED) is 0.491. The molecule has 7 heteroatoms. The van der Waals surface area contributed by atoms with E-state index in [1.54, 1.807) is 6.07 Å². The highest BCUT2D eigenvalue weighted by Gasteiger charge is 2.18. The van der Waals surface area contributed by atoms with Gasteiger partial charge in [0.2, 0.25) is 0 Å². The molecule has 1 rings (SSSR count). The first-order valence-corrected chi connectivity index (χ1v) is 7.93. The first-order valence-electron chi connectivity index (χ1n) is 7.93. The number of nitriles is 1. The Kier molecular flexibility index (Phi) is 7.47. The fourth-order valence-electron chi connectivity index (χ4n) is 2.08. The third-order valence-electron chi connectivity index (χ3n) is 3.49. The van der Waals surface area contributed by atoms with Crippen molar-refractivity contribution in [1.82, 2.24) is 10.6 Å². The number of rotatable bonds is 8. The van der Waals surface area contributed by atoms with Gasteiger partial charge in [0.25, 0.3) is 5.91 Å². The molecule has 1 amide bonds. The van der Waals surface area contributed by atoms with Gasteiger partial charge in [-0.3, -0.25) is 9.59 Å². The van der Waals surface area contributed by atoms with Gasteiger partial charge in [0, 0.05) is 11.8 Å². The van der Waals surface area contributed by atoms with E-state index < -0.39 is 17.9 Å². The average molecular weight is 345 g/mol. The summed E-state index contributed by atoms with van der Waals surface area (Å²) in [6, 6.07) is 6.26. The molecule has 0 aromatic heterocycles. The van der Waals surface area contributed by atoms with Crippen LogP contribution in [0.5, 0.6) is 5.75 Å². The first-order chi connectivity index (χ1) is 11.8. The van der Waals surface area contributed by atoms with Crippen molar-refractivity contribution in [3.63, 3.8) is 0 Å². The van der Waals surface area contributed by atoms with E-state index in [1.165, 1.54) is 13.1 Å². The lowest BCUT2D eigenvalue weighted by Gasteiger charge is -2.18. The Labute approximate surface area is 147 Å². The predicted molar refractivity (Wildman–Crippen MR) is 92.8 cm³/mol. The van der Waals surface area contributed by atoms with Crippen molar-refractivity contribution in [3.8, 4) is 11.8 Å². The molecular formula is C18H23N3O4. The van der Waals surface area contributed by atoms with Crippen LogP contribution >= 0.6 is 0 Å². The number of carboxylic acids is 1. The van der Waals surface area contributed by atoms with E-state index in [9.17, 15) is 9.59 Å². The first kappa shape index (κ1) is 20.0. The summed E-state index contributed by atoms with van der Waals surface area (Å²) in [4.78, 5) is 22.7. The van der Waals surface area contributed by atoms with Crippen LogP contribution in [0.25, 0.3) is 0 Å². The lowest BCUT2D eigenvalue weighted by atomic mass is 10.0. The number of carbonyl (C=O) groups excluding carboxylic acids is 1. The summed E-state index contributed by atoms with van der Waals surface area (Å²) >= 11 is 0. The van der Waals surface area contributed by atoms with Gasteiger partial charge in [0.1, 0.15) is 23.4 Å². The van der Waals surface area contributed by atoms with Crippen LogP contribution in [0.2, 0.25) is 0 Å². The summed E-state index contributed by atoms with van der Waals surface area (Å²) in [7, 11) is 0. The Morgan fingerprint density at radius 3 is 2.64 bits per heavy atom. The molecule has 0 bridgehead atoms. The minimum Gasteiger partial charge on any atom is -0.494 e. The molecule has 0 aliphatic carbocycles. The number of carbonyl (C=O) groups is 2. The summed E-state index contributed by atoms with van der Waals surface area (Å²) in [5.41, 5.74) is 1.75. The van der Waals surface area contributed by atoms with E-state index in [0.29, 0.717) is 6.61 Å². The maximum absolute atomic E-state index is 11.9. The molecule has 134 valence electrons. The average Bonchev–Trinajstić information content (AvgIpc) is 2.56. The van der Waals surface area contributed by atoms with E-state index in [0.717, 1.165) is 16.9 Å². The lowest BCUT2D eigenvalue weighted by Crippen LogP contribution is -2.39. The van der Waals surface area contributed by atoms with E-state index in [1.807, 2.05) is 39.0 Å². The molecule has 0 radical (unpaired) electrons. The third-order valence-corrected chi connectivity index (χ3v) is 3.49. The Hall–Kier alpha value is -3.01. The number of aliphatic carboxylic acids is 1. The molecule has 0 aliphatic rings. The topological polar surface area (TPSA) is 111 Å². The zero-order valence-electron chi connectivity index (χ0n) is 14.8. The van der Waals surface area contributed by atoms with Crippen LogP contribution in [0.15, 0.2) is 30.0 Å². The van der Waals surface area contributed by atoms with E-state index in [-0.39, 0.29) is 11.6 Å². The van der Waals surface area contributed by atoms with Crippen LogP contribution < -0.4 is 15.4 Å². The van der Waals surface area contributed by atoms with Crippen molar-refractivity contribution in [1.29, 1.82) is 5.26 Å². The second-order valence-electron chi connectivity index (χ2n) is 5.57. The summed E-state index contributed by atoms with van der Waals surface area (Å²) < 4.78 is 5.60. The molecule has 2 unspecified atom stereocenters. The number of hydrogen-bond donors (Lipinski definition) is 3. The van der Waals surface area contributed by atoms with Crippen LogP contribution in [0.3, 0.4) is 0 Å². The molecule has 0 saturated heterocycles. The Morgan fingerprint density at radius 2 is 2.08 bits per heavy atom. The summed E-state index contributed by atoms with van der Waals surface area (Å²) in [5, 5.41) is 23.2. The molecule has 3 N–H and O–H groups in total. The molecule has 0 spiro atoms. The number of ether oxygens (including phenoxy) is 1. The maximum Gasteiger partial charge on any atom is 0.325 e. The van der Waals surface area contributed by atoms with E-state index in [2.05, 4.69) is 10.6 Å². The van der Waals surface area contributed by atoms with Crippen LogP contribution in [-0.4, -0.2) is 29.6 Å². The molecule has 7 nitrogen and oxygen atoms in total. The molecule has 0 saturated carbocycles. The third kappa shape index (κ3) is 5.84. The zero-order valence-corrected chi connectivity index (χ0v) is 14.8. The van der Waals surface area contributed by atoms with Crippen molar-refractivity contribution in [3.05, 3.63) is 41.1 Å². The van der Waals surface area contributed by atoms with Crippen LogP contribution in [0, 0.1) is 18.3 Å². The highest BCUT2D eigenvalue weighted by molar-refractivity contribution is 5.99. The minimum atomic E-state index is -1.17. The Balaban J connectivity index is 2.91. The van der Waals surface area contributed by atoms with E-state index in [4.69, 9.17) is 15.1 Å². The standard InChI is InChI=1S/C18H23N3O4/c1-5-25-16-7-6-11(2)8-15(16)12(3)20-10-14(9-19)17(22)21-13(4)18(23)24/h6-8,10,12-13,20H,5H2,1-4H3,(H,21,22)(H,23,24)/b14-10-. The monoisotopic (exact) mass is 345 g/mol. The fraction of sp³-hybridized carbons (Fsp3) is 0.389. The second-order valence-corrected chi connectivity index (χ2v) is 5.57. The fourth-order valence-corrected chi connectivity index (χ4v) is 2.08. The maximum atomic E-state index is 11.9. The number of aryl methyl sites for hydroxylation is 1. The molecular weight excluding hydrogens is 322 g/mol. The Bertz CT molecular complexity index is 707. The Morgan fingerprint density at radius 1 is 1.40 bits per heavy atom. The van der Waals surface area contributed by atoms with Crippen LogP contribution in [0.4, 0.5) is 0 Å². The lowest BCUT2D eigenvalue weighted by molar-refractivity contribution is -0.140. The van der Waals surface area contributed by atoms with Gasteiger partial charge < -0.3 is 20.5 Å². The smallest absolute Gasteiger partial charge is 0.325 e. The van der Waals surface area contributed by atoms with E-state index >= 15 is 0 Å². The normalized spacial score (nSPS) is 13.3. The van der Waals surface area contributed by atoms with Gasteiger partial charge in [-0.2, -0.15) is 5.26 Å². The molecule has 25 heavy (non-hydrogen) atoms. The van der Waals surface area contributed by atoms with Gasteiger partial charge in [0.15, 0.2) is 0 Å². The van der Waals surface area contributed by atoms with Crippen molar-refractivity contribution in [2.24, 2.45) is 0 Å². The summed E-state index contributed by atoms with van der Waals surface area (Å²) in [6.07, 6.45) is 1.28. The highest BCUT2D eigenvalue weighted by atomic mass is 16.5. The number of benzene rings is 1. The number of nitrogens with one attached hydrogen (secondary N) is 2. The van der Waals surface area contributed by atoms with Crippen LogP contribution in [-0.2, 0) is 9.59 Å². The van der Waals surface area contributed by atoms with Crippen molar-refractivity contribution in [2.45, 2.75) is 39.8 Å². The van der Waals surface area contributed by atoms with Crippen LogP contribution in [0.1, 0.15) is 37.9 Å². The molecule has 0 aliphatic heterocycles. The minimum absolute atomic E-state index is 0.203. The van der Waals surface area contributed by atoms with Crippen molar-refractivity contribution >= 4 is 11.9 Å². The molecule has 1 aromatic rings. The second kappa shape index (κ2) is 9.33. The molecule has 0 fully saturated rings. The van der Waals surface area contributed by atoms with Gasteiger partial charge >= 0.3 is 5.97 Å². The molecule has 0 heterocycles. The van der Waals surface area contributed by atoms with Gasteiger partial charge in [-0.1, -0.05) is 17.7 Å². The van der Waals surface area contributed by atoms with Gasteiger partial charge in [0.05, 0.1) is 12.6 Å². The summed E-state index contributed by atoms with van der Waals surface area (Å²) in [6.45, 7) is 7.58. The van der Waals surface area contributed by atoms with Gasteiger partial charge in [-0.15, -0.1) is 0 Å². The van der Waals surface area contributed by atoms with Gasteiger partial charge in [-0.25, -0.2) is 0 Å².